The Morgan fingerprint density at radius 2 is 1.74 bits per heavy atom. The number of benzene rings is 1. The quantitative estimate of drug-likeness (QED) is 0.370. The highest BCUT2D eigenvalue weighted by Crippen LogP contribution is 2.07. The van der Waals surface area contributed by atoms with Gasteiger partial charge in [-0.2, -0.15) is 0 Å². The van der Waals surface area contributed by atoms with E-state index in [0.717, 1.165) is 39.3 Å². The van der Waals surface area contributed by atoms with Gasteiger partial charge >= 0.3 is 11.9 Å². The molecular weight excluding hydrogens is 406 g/mol. The maximum absolute atomic E-state index is 12.2. The summed E-state index contributed by atoms with van der Waals surface area (Å²) < 4.78 is 5.30. The molecule has 0 atom stereocenters. The second-order valence-corrected chi connectivity index (χ2v) is 6.67. The van der Waals surface area contributed by atoms with E-state index in [2.05, 4.69) is 15.2 Å². The van der Waals surface area contributed by atoms with Crippen molar-refractivity contribution in [1.82, 2.24) is 15.2 Å². The van der Waals surface area contributed by atoms with Crippen molar-refractivity contribution >= 4 is 28.7 Å². The molecule has 4 N–H and O–H groups in total. The number of carboxylic acids is 2. The van der Waals surface area contributed by atoms with Crippen LogP contribution in [0.5, 0.6) is 0 Å². The molecule has 0 radical (unpaired) electrons. The Morgan fingerprint density at radius 1 is 1.10 bits per heavy atom. The zero-order valence-electron chi connectivity index (χ0n) is 16.9. The molecule has 10 nitrogen and oxygen atoms in total. The van der Waals surface area contributed by atoms with E-state index in [0.29, 0.717) is 35.3 Å². The SMILES string of the molecule is O=C(NCCCN1CCOCC1)c1cc(=O)c2ccccc2[nH]1.O=C(O)/C=C\C(=O)O. The number of fused-ring (bicyclic) bond motifs is 1. The molecule has 2 aromatic rings. The van der Waals surface area contributed by atoms with E-state index in [9.17, 15) is 19.2 Å². The Labute approximate surface area is 178 Å². The second kappa shape index (κ2) is 12.3. The number of aromatic nitrogens is 1. The molecule has 1 aliphatic heterocycles. The maximum Gasteiger partial charge on any atom is 0.328 e. The van der Waals surface area contributed by atoms with Crippen LogP contribution in [0.4, 0.5) is 0 Å². The molecule has 0 unspecified atom stereocenters. The fraction of sp³-hybridized carbons (Fsp3) is 0.333. The average Bonchev–Trinajstić information content (AvgIpc) is 2.76. The van der Waals surface area contributed by atoms with Crippen molar-refractivity contribution in [1.29, 1.82) is 0 Å². The van der Waals surface area contributed by atoms with E-state index in [1.54, 1.807) is 12.1 Å². The summed E-state index contributed by atoms with van der Waals surface area (Å²) in [5.74, 6) is -2.75. The standard InChI is InChI=1S/C17H21N3O3.C4H4O4/c21-16-12-15(19-14-5-2-1-4-13(14)16)17(22)18-6-3-7-20-8-10-23-11-9-20;5-3(6)1-2-4(7)8/h1-2,4-5,12H,3,6-11H2,(H,18,22)(H,19,21);1-2H,(H,5,6)(H,7,8)/b;2-1-. The number of aliphatic carboxylic acids is 2. The first-order chi connectivity index (χ1) is 14.9. The van der Waals surface area contributed by atoms with Crippen LogP contribution in [0, 0.1) is 0 Å². The molecule has 10 heteroatoms. The molecule has 1 fully saturated rings. The van der Waals surface area contributed by atoms with Crippen molar-refractivity contribution in [2.75, 3.05) is 39.4 Å². The van der Waals surface area contributed by atoms with Crippen LogP contribution in [0.2, 0.25) is 0 Å². The average molecular weight is 431 g/mol. The monoisotopic (exact) mass is 431 g/mol. The second-order valence-electron chi connectivity index (χ2n) is 6.67. The lowest BCUT2D eigenvalue weighted by atomic mass is 10.2. The predicted octanol–water partition coefficient (Wildman–Crippen LogP) is 0.692. The maximum atomic E-state index is 12.2. The van der Waals surface area contributed by atoms with E-state index in [4.69, 9.17) is 14.9 Å². The number of carbonyl (C=O) groups is 3. The Kier molecular flexibility index (Phi) is 9.40. The van der Waals surface area contributed by atoms with E-state index in [1.165, 1.54) is 6.07 Å². The van der Waals surface area contributed by atoms with Crippen molar-refractivity contribution in [3.63, 3.8) is 0 Å². The Hall–Kier alpha value is -3.50. The van der Waals surface area contributed by atoms with Crippen molar-refractivity contribution in [3.05, 3.63) is 58.4 Å². The number of carbonyl (C=O) groups excluding carboxylic acids is 1. The van der Waals surface area contributed by atoms with Gasteiger partial charge in [-0.25, -0.2) is 9.59 Å². The van der Waals surface area contributed by atoms with Gasteiger partial charge in [-0.1, -0.05) is 12.1 Å². The van der Waals surface area contributed by atoms with Gasteiger partial charge in [0.15, 0.2) is 5.43 Å². The number of hydrogen-bond donors (Lipinski definition) is 4. The number of amides is 1. The van der Waals surface area contributed by atoms with Crippen LogP contribution in [0.15, 0.2) is 47.3 Å². The van der Waals surface area contributed by atoms with Crippen LogP contribution in [-0.2, 0) is 14.3 Å². The molecule has 1 aromatic carbocycles. The zero-order valence-corrected chi connectivity index (χ0v) is 16.9. The van der Waals surface area contributed by atoms with Gasteiger partial charge in [-0.05, 0) is 25.1 Å². The number of nitrogens with zero attached hydrogens (tertiary/aromatic N) is 1. The Bertz CT molecular complexity index is 978. The summed E-state index contributed by atoms with van der Waals surface area (Å²) in [4.78, 5) is 48.7. The summed E-state index contributed by atoms with van der Waals surface area (Å²) >= 11 is 0. The van der Waals surface area contributed by atoms with E-state index >= 15 is 0 Å². The molecule has 0 saturated carbocycles. The summed E-state index contributed by atoms with van der Waals surface area (Å²) in [7, 11) is 0. The van der Waals surface area contributed by atoms with Crippen molar-refractivity contribution in [2.45, 2.75) is 6.42 Å². The molecule has 0 spiro atoms. The molecule has 1 saturated heterocycles. The number of H-pyrrole nitrogens is 1. The first-order valence-electron chi connectivity index (χ1n) is 9.71. The number of carboxylic acid groups (broad SMARTS) is 2. The molecular formula is C21H25N3O7. The first kappa shape index (κ1) is 23.8. The third-order valence-corrected chi connectivity index (χ3v) is 4.39. The van der Waals surface area contributed by atoms with Gasteiger partial charge < -0.3 is 25.3 Å². The third-order valence-electron chi connectivity index (χ3n) is 4.39. The molecule has 1 aliphatic rings. The largest absolute Gasteiger partial charge is 0.478 e. The third kappa shape index (κ3) is 8.41. The van der Waals surface area contributed by atoms with Gasteiger partial charge in [0.25, 0.3) is 5.91 Å². The van der Waals surface area contributed by atoms with E-state index < -0.39 is 11.9 Å². The Morgan fingerprint density at radius 3 is 2.39 bits per heavy atom. The zero-order chi connectivity index (χ0) is 22.6. The van der Waals surface area contributed by atoms with Gasteiger partial charge in [0.2, 0.25) is 0 Å². The number of aromatic amines is 1. The van der Waals surface area contributed by atoms with Crippen LogP contribution in [0.3, 0.4) is 0 Å². The molecule has 166 valence electrons. The van der Waals surface area contributed by atoms with Gasteiger partial charge in [-0.3, -0.25) is 14.5 Å². The molecule has 0 bridgehead atoms. The number of morpholine rings is 1. The minimum Gasteiger partial charge on any atom is -0.478 e. The van der Waals surface area contributed by atoms with Crippen molar-refractivity contribution in [3.8, 4) is 0 Å². The number of nitrogens with one attached hydrogen (secondary N) is 2. The Balaban J connectivity index is 0.000000366. The lowest BCUT2D eigenvalue weighted by molar-refractivity contribution is -0.134. The normalized spacial score (nSPS) is 14.1. The van der Waals surface area contributed by atoms with Crippen molar-refractivity contribution in [2.24, 2.45) is 0 Å². The molecule has 0 aliphatic carbocycles. The summed E-state index contributed by atoms with van der Waals surface area (Å²) in [6.45, 7) is 5.00. The number of pyridine rings is 1. The van der Waals surface area contributed by atoms with Gasteiger partial charge in [0.1, 0.15) is 5.69 Å². The first-order valence-corrected chi connectivity index (χ1v) is 9.71. The molecule has 3 rings (SSSR count). The fourth-order valence-electron chi connectivity index (χ4n) is 2.89. The van der Waals surface area contributed by atoms with Gasteiger partial charge in [0.05, 0.1) is 13.2 Å². The molecule has 2 heterocycles. The summed E-state index contributed by atoms with van der Waals surface area (Å²) in [5, 5.41) is 19.1. The summed E-state index contributed by atoms with van der Waals surface area (Å²) in [6, 6.07) is 8.55. The number of rotatable bonds is 7. The number of para-hydroxylation sites is 1. The minimum absolute atomic E-state index is 0.141. The summed E-state index contributed by atoms with van der Waals surface area (Å²) in [6.07, 6.45) is 1.99. The highest BCUT2D eigenvalue weighted by molar-refractivity contribution is 5.94. The van der Waals surface area contributed by atoms with Crippen LogP contribution in [0.25, 0.3) is 10.9 Å². The number of ether oxygens (including phenoxy) is 1. The number of hydrogen-bond acceptors (Lipinski definition) is 6. The smallest absolute Gasteiger partial charge is 0.328 e. The molecule has 1 aromatic heterocycles. The lowest BCUT2D eigenvalue weighted by Crippen LogP contribution is -2.38. The highest BCUT2D eigenvalue weighted by Gasteiger charge is 2.11. The molecule has 1 amide bonds. The van der Waals surface area contributed by atoms with Crippen LogP contribution in [-0.4, -0.2) is 77.3 Å². The predicted molar refractivity (Wildman–Crippen MR) is 113 cm³/mol. The molecule has 31 heavy (non-hydrogen) atoms. The summed E-state index contributed by atoms with van der Waals surface area (Å²) in [5.41, 5.74) is 0.844. The lowest BCUT2D eigenvalue weighted by Gasteiger charge is -2.26. The topological polar surface area (TPSA) is 149 Å². The van der Waals surface area contributed by atoms with Gasteiger partial charge in [0, 0.05) is 48.8 Å². The van der Waals surface area contributed by atoms with E-state index in [1.807, 2.05) is 12.1 Å². The fourth-order valence-corrected chi connectivity index (χ4v) is 2.89. The highest BCUT2D eigenvalue weighted by atomic mass is 16.5. The van der Waals surface area contributed by atoms with Crippen LogP contribution >= 0.6 is 0 Å². The van der Waals surface area contributed by atoms with Crippen LogP contribution < -0.4 is 10.7 Å². The van der Waals surface area contributed by atoms with Crippen molar-refractivity contribution < 1.29 is 29.3 Å². The minimum atomic E-state index is -1.26. The van der Waals surface area contributed by atoms with Gasteiger partial charge in [-0.15, -0.1) is 0 Å². The van der Waals surface area contributed by atoms with E-state index in [-0.39, 0.29) is 11.3 Å². The van der Waals surface area contributed by atoms with Crippen LogP contribution in [0.1, 0.15) is 16.9 Å².